The molecule has 1 atom stereocenters. The first-order chi connectivity index (χ1) is 8.66. The summed E-state index contributed by atoms with van der Waals surface area (Å²) in [5.41, 5.74) is 5.76. The maximum atomic E-state index is 5.76. The summed E-state index contributed by atoms with van der Waals surface area (Å²) in [5, 5.41) is 3.41. The molecule has 0 saturated carbocycles. The van der Waals surface area contributed by atoms with Crippen molar-refractivity contribution in [3.05, 3.63) is 12.4 Å². The van der Waals surface area contributed by atoms with Crippen molar-refractivity contribution in [1.29, 1.82) is 0 Å². The fourth-order valence-corrected chi connectivity index (χ4v) is 2.31. The molecule has 1 aliphatic rings. The van der Waals surface area contributed by atoms with E-state index in [0.29, 0.717) is 17.8 Å². The number of hydrogen-bond acceptors (Lipinski definition) is 5. The zero-order valence-corrected chi connectivity index (χ0v) is 11.3. The SMILES string of the molecule is CC(C)CCN(c1cc(N)ncn1)[C@H]1CCNC1. The second kappa shape index (κ2) is 6.00. The van der Waals surface area contributed by atoms with E-state index in [1.807, 2.05) is 6.07 Å². The van der Waals surface area contributed by atoms with Crippen LogP contribution in [0.5, 0.6) is 0 Å². The molecule has 1 aromatic heterocycles. The van der Waals surface area contributed by atoms with Crippen molar-refractivity contribution in [3.8, 4) is 0 Å². The molecule has 1 fully saturated rings. The molecule has 0 bridgehead atoms. The van der Waals surface area contributed by atoms with Crippen LogP contribution in [0.4, 0.5) is 11.6 Å². The van der Waals surface area contributed by atoms with Gasteiger partial charge in [0.1, 0.15) is 18.0 Å². The Morgan fingerprint density at radius 1 is 1.50 bits per heavy atom. The van der Waals surface area contributed by atoms with E-state index in [-0.39, 0.29) is 0 Å². The second-order valence-corrected chi connectivity index (χ2v) is 5.32. The van der Waals surface area contributed by atoms with Gasteiger partial charge in [-0.1, -0.05) is 13.8 Å². The van der Waals surface area contributed by atoms with Crippen LogP contribution in [0.1, 0.15) is 26.7 Å². The lowest BCUT2D eigenvalue weighted by Gasteiger charge is -2.30. The average Bonchev–Trinajstić information content (AvgIpc) is 2.83. The fraction of sp³-hybridized carbons (Fsp3) is 0.692. The molecule has 2 heterocycles. The summed E-state index contributed by atoms with van der Waals surface area (Å²) < 4.78 is 0. The number of rotatable bonds is 5. The van der Waals surface area contributed by atoms with Crippen molar-refractivity contribution in [2.75, 3.05) is 30.3 Å². The van der Waals surface area contributed by atoms with Crippen molar-refractivity contribution in [2.24, 2.45) is 5.92 Å². The maximum absolute atomic E-state index is 5.76. The van der Waals surface area contributed by atoms with E-state index in [4.69, 9.17) is 5.73 Å². The van der Waals surface area contributed by atoms with Crippen LogP contribution in [0.3, 0.4) is 0 Å². The highest BCUT2D eigenvalue weighted by atomic mass is 15.2. The minimum atomic E-state index is 0.526. The van der Waals surface area contributed by atoms with Gasteiger partial charge in [0.05, 0.1) is 0 Å². The Bertz CT molecular complexity index is 373. The highest BCUT2D eigenvalue weighted by molar-refractivity contribution is 5.47. The summed E-state index contributed by atoms with van der Waals surface area (Å²) in [4.78, 5) is 10.7. The first kappa shape index (κ1) is 13.1. The highest BCUT2D eigenvalue weighted by Gasteiger charge is 2.23. The van der Waals surface area contributed by atoms with E-state index in [1.165, 1.54) is 12.8 Å². The molecule has 0 aliphatic carbocycles. The second-order valence-electron chi connectivity index (χ2n) is 5.32. The summed E-state index contributed by atoms with van der Waals surface area (Å²) >= 11 is 0. The van der Waals surface area contributed by atoms with Gasteiger partial charge in [-0.3, -0.25) is 0 Å². The number of nitrogens with two attached hydrogens (primary N) is 1. The van der Waals surface area contributed by atoms with Gasteiger partial charge in [-0.15, -0.1) is 0 Å². The molecule has 0 unspecified atom stereocenters. The van der Waals surface area contributed by atoms with Crippen LogP contribution in [-0.2, 0) is 0 Å². The molecule has 0 spiro atoms. The molecule has 1 saturated heterocycles. The molecule has 0 amide bonds. The third-order valence-corrected chi connectivity index (χ3v) is 3.39. The predicted octanol–water partition coefficient (Wildman–Crippen LogP) is 1.27. The van der Waals surface area contributed by atoms with E-state index in [0.717, 1.165) is 25.5 Å². The molecular weight excluding hydrogens is 226 g/mol. The predicted molar refractivity (Wildman–Crippen MR) is 74.5 cm³/mol. The standard InChI is InChI=1S/C13H23N5/c1-10(2)4-6-18(11-3-5-15-8-11)13-7-12(14)16-9-17-13/h7,9-11,15H,3-6,8H2,1-2H3,(H2,14,16,17)/t11-/m0/s1. The third kappa shape index (κ3) is 3.32. The van der Waals surface area contributed by atoms with Crippen LogP contribution in [-0.4, -0.2) is 35.6 Å². The molecule has 18 heavy (non-hydrogen) atoms. The molecule has 5 heteroatoms. The Morgan fingerprint density at radius 3 is 2.94 bits per heavy atom. The molecule has 1 aromatic rings. The monoisotopic (exact) mass is 249 g/mol. The van der Waals surface area contributed by atoms with E-state index >= 15 is 0 Å². The Kier molecular flexibility index (Phi) is 4.36. The van der Waals surface area contributed by atoms with Crippen molar-refractivity contribution in [3.63, 3.8) is 0 Å². The van der Waals surface area contributed by atoms with Crippen LogP contribution in [0.15, 0.2) is 12.4 Å². The van der Waals surface area contributed by atoms with Crippen LogP contribution in [0, 0.1) is 5.92 Å². The summed E-state index contributed by atoms with van der Waals surface area (Å²) in [6, 6.07) is 2.40. The van der Waals surface area contributed by atoms with Gasteiger partial charge in [0.2, 0.25) is 0 Å². The zero-order valence-electron chi connectivity index (χ0n) is 11.3. The van der Waals surface area contributed by atoms with Gasteiger partial charge in [0, 0.05) is 25.2 Å². The molecule has 1 aliphatic heterocycles. The van der Waals surface area contributed by atoms with Gasteiger partial charge in [0.15, 0.2) is 0 Å². The van der Waals surface area contributed by atoms with Crippen molar-refractivity contribution >= 4 is 11.6 Å². The zero-order chi connectivity index (χ0) is 13.0. The van der Waals surface area contributed by atoms with Gasteiger partial charge >= 0.3 is 0 Å². The van der Waals surface area contributed by atoms with E-state index in [1.54, 1.807) is 6.33 Å². The minimum absolute atomic E-state index is 0.526. The number of nitrogen functional groups attached to an aromatic ring is 1. The van der Waals surface area contributed by atoms with Crippen molar-refractivity contribution in [2.45, 2.75) is 32.7 Å². The lowest BCUT2D eigenvalue weighted by molar-refractivity contribution is 0.534. The average molecular weight is 249 g/mol. The number of hydrogen-bond donors (Lipinski definition) is 2. The van der Waals surface area contributed by atoms with Crippen LogP contribution < -0.4 is 16.0 Å². The molecule has 3 N–H and O–H groups in total. The van der Waals surface area contributed by atoms with E-state index in [2.05, 4.69) is 34.0 Å². The highest BCUT2D eigenvalue weighted by Crippen LogP contribution is 2.20. The lowest BCUT2D eigenvalue weighted by atomic mass is 10.1. The van der Waals surface area contributed by atoms with Gasteiger partial charge in [0.25, 0.3) is 0 Å². The maximum Gasteiger partial charge on any atom is 0.134 e. The van der Waals surface area contributed by atoms with Gasteiger partial charge in [-0.05, 0) is 25.3 Å². The first-order valence-corrected chi connectivity index (χ1v) is 6.71. The molecule has 100 valence electrons. The van der Waals surface area contributed by atoms with Crippen molar-refractivity contribution < 1.29 is 0 Å². The molecule has 0 aromatic carbocycles. The van der Waals surface area contributed by atoms with Crippen LogP contribution in [0.25, 0.3) is 0 Å². The van der Waals surface area contributed by atoms with Crippen molar-refractivity contribution in [1.82, 2.24) is 15.3 Å². The summed E-state index contributed by atoms with van der Waals surface area (Å²) in [6.45, 7) is 7.64. The number of nitrogens with zero attached hydrogens (tertiary/aromatic N) is 3. The lowest BCUT2D eigenvalue weighted by Crippen LogP contribution is -2.38. The first-order valence-electron chi connectivity index (χ1n) is 6.71. The Balaban J connectivity index is 2.12. The third-order valence-electron chi connectivity index (χ3n) is 3.39. The fourth-order valence-electron chi connectivity index (χ4n) is 2.31. The smallest absolute Gasteiger partial charge is 0.134 e. The van der Waals surface area contributed by atoms with E-state index in [9.17, 15) is 0 Å². The topological polar surface area (TPSA) is 67.1 Å². The van der Waals surface area contributed by atoms with Gasteiger partial charge < -0.3 is 16.0 Å². The Labute approximate surface area is 109 Å². The summed E-state index contributed by atoms with van der Waals surface area (Å²) in [5.74, 6) is 2.19. The number of nitrogens with one attached hydrogen (secondary N) is 1. The normalized spacial score (nSPS) is 19.4. The minimum Gasteiger partial charge on any atom is -0.384 e. The van der Waals surface area contributed by atoms with Gasteiger partial charge in [-0.25, -0.2) is 9.97 Å². The molecule has 2 rings (SSSR count). The Hall–Kier alpha value is -1.36. The van der Waals surface area contributed by atoms with E-state index < -0.39 is 0 Å². The molecular formula is C13H23N5. The molecule has 0 radical (unpaired) electrons. The summed E-state index contributed by atoms with van der Waals surface area (Å²) in [7, 11) is 0. The number of anilines is 2. The summed E-state index contributed by atoms with van der Waals surface area (Å²) in [6.07, 6.45) is 3.89. The largest absolute Gasteiger partial charge is 0.384 e. The van der Waals surface area contributed by atoms with Crippen LogP contribution >= 0.6 is 0 Å². The Morgan fingerprint density at radius 2 is 2.33 bits per heavy atom. The van der Waals surface area contributed by atoms with Gasteiger partial charge in [-0.2, -0.15) is 0 Å². The number of aromatic nitrogens is 2. The van der Waals surface area contributed by atoms with Crippen LogP contribution in [0.2, 0.25) is 0 Å². The molecule has 5 nitrogen and oxygen atoms in total. The quantitative estimate of drug-likeness (QED) is 0.822.